The van der Waals surface area contributed by atoms with E-state index in [-0.39, 0.29) is 18.5 Å². The second kappa shape index (κ2) is 12.1. The molecule has 1 atom stereocenters. The van der Waals surface area contributed by atoms with Crippen molar-refractivity contribution in [3.8, 4) is 0 Å². The van der Waals surface area contributed by atoms with Gasteiger partial charge in [0.25, 0.3) is 0 Å². The van der Waals surface area contributed by atoms with Crippen LogP contribution in [-0.4, -0.2) is 36.0 Å². The number of amides is 3. The van der Waals surface area contributed by atoms with Gasteiger partial charge in [0, 0.05) is 24.4 Å². The lowest BCUT2D eigenvalue weighted by Gasteiger charge is -2.35. The van der Waals surface area contributed by atoms with Crippen LogP contribution in [0.1, 0.15) is 77.8 Å². The van der Waals surface area contributed by atoms with E-state index in [1.807, 2.05) is 12.1 Å². The van der Waals surface area contributed by atoms with E-state index in [0.29, 0.717) is 29.9 Å². The van der Waals surface area contributed by atoms with Gasteiger partial charge >= 0.3 is 12.0 Å². The molecule has 0 aromatic heterocycles. The first-order valence-corrected chi connectivity index (χ1v) is 11.3. The number of benzene rings is 1. The zero-order valence-electron chi connectivity index (χ0n) is 19.1. The quantitative estimate of drug-likeness (QED) is 0.386. The summed E-state index contributed by atoms with van der Waals surface area (Å²) in [6.45, 7) is 8.52. The van der Waals surface area contributed by atoms with Gasteiger partial charge in [0.15, 0.2) is 0 Å². The van der Waals surface area contributed by atoms with Crippen LogP contribution in [0.3, 0.4) is 0 Å². The van der Waals surface area contributed by atoms with Crippen LogP contribution in [0.25, 0.3) is 0 Å². The molecule has 7 nitrogen and oxygen atoms in total. The lowest BCUT2D eigenvalue weighted by Crippen LogP contribution is -2.48. The van der Waals surface area contributed by atoms with E-state index in [9.17, 15) is 14.4 Å². The maximum atomic E-state index is 12.7. The highest BCUT2D eigenvalue weighted by molar-refractivity contribution is 5.95. The van der Waals surface area contributed by atoms with Crippen LogP contribution in [0.4, 0.5) is 10.5 Å². The molecular formula is C24H35N3O4. The van der Waals surface area contributed by atoms with Crippen molar-refractivity contribution < 1.29 is 19.1 Å². The summed E-state index contributed by atoms with van der Waals surface area (Å²) in [5, 5.41) is 5.84. The van der Waals surface area contributed by atoms with Crippen molar-refractivity contribution >= 4 is 23.6 Å². The Kier molecular flexibility index (Phi) is 9.56. The molecule has 0 fully saturated rings. The van der Waals surface area contributed by atoms with E-state index in [1.54, 1.807) is 30.9 Å². The van der Waals surface area contributed by atoms with Crippen molar-refractivity contribution in [2.45, 2.75) is 72.3 Å². The predicted octanol–water partition coefficient (Wildman–Crippen LogP) is 4.91. The van der Waals surface area contributed by atoms with Crippen molar-refractivity contribution in [3.63, 3.8) is 0 Å². The van der Waals surface area contributed by atoms with Gasteiger partial charge in [0.2, 0.25) is 5.91 Å². The Bertz CT molecular complexity index is 802. The van der Waals surface area contributed by atoms with Gasteiger partial charge in [-0.15, -0.1) is 0 Å². The number of esters is 1. The second-order valence-electron chi connectivity index (χ2n) is 7.73. The van der Waals surface area contributed by atoms with E-state index >= 15 is 0 Å². The molecule has 1 aliphatic heterocycles. The van der Waals surface area contributed by atoms with Gasteiger partial charge in [-0.25, -0.2) is 9.59 Å². The summed E-state index contributed by atoms with van der Waals surface area (Å²) in [5.41, 5.74) is 2.51. The monoisotopic (exact) mass is 429 g/mol. The third kappa shape index (κ3) is 6.57. The zero-order valence-corrected chi connectivity index (χ0v) is 19.1. The number of unbranched alkanes of at least 4 members (excludes halogenated alkanes) is 3. The number of nitrogens with one attached hydrogen (secondary N) is 2. The Morgan fingerprint density at radius 3 is 2.35 bits per heavy atom. The first kappa shape index (κ1) is 24.4. The van der Waals surface area contributed by atoms with Crippen LogP contribution in [0.15, 0.2) is 35.5 Å². The minimum atomic E-state index is -0.598. The standard InChI is InChI=1S/C24H35N3O4/c1-5-8-10-11-20(28)25-19-14-12-18(13-15-19)22-21(23(29)31-7-3)17(4)27(16-9-6-2)24(30)26-22/h12-15,22H,5-11,16H2,1-4H3,(H,25,28)(H,26,30)/t22-/m1/s1. The first-order valence-electron chi connectivity index (χ1n) is 11.3. The van der Waals surface area contributed by atoms with Gasteiger partial charge < -0.3 is 15.4 Å². The fourth-order valence-corrected chi connectivity index (χ4v) is 3.61. The summed E-state index contributed by atoms with van der Waals surface area (Å²) in [6.07, 6.45) is 5.26. The van der Waals surface area contributed by atoms with Crippen LogP contribution in [0, 0.1) is 0 Å². The Morgan fingerprint density at radius 1 is 1.06 bits per heavy atom. The SMILES string of the molecule is CCCCCC(=O)Nc1ccc([C@H]2NC(=O)N(CCCC)C(C)=C2C(=O)OCC)cc1. The molecule has 0 saturated carbocycles. The molecule has 0 spiro atoms. The average molecular weight is 430 g/mol. The summed E-state index contributed by atoms with van der Waals surface area (Å²) in [5.74, 6) is -0.443. The lowest BCUT2D eigenvalue weighted by molar-refractivity contribution is -0.139. The molecule has 3 amide bonds. The van der Waals surface area contributed by atoms with Crippen LogP contribution < -0.4 is 10.6 Å². The molecule has 170 valence electrons. The Labute approximate surface area is 185 Å². The Balaban J connectivity index is 2.24. The molecule has 7 heteroatoms. The molecule has 0 aliphatic carbocycles. The minimum Gasteiger partial charge on any atom is -0.463 e. The highest BCUT2D eigenvalue weighted by Crippen LogP contribution is 2.32. The molecule has 1 aromatic carbocycles. The number of anilines is 1. The predicted molar refractivity (Wildman–Crippen MR) is 121 cm³/mol. The third-order valence-corrected chi connectivity index (χ3v) is 5.36. The molecule has 1 heterocycles. The summed E-state index contributed by atoms with van der Waals surface area (Å²) in [6, 6.07) is 6.40. The van der Waals surface area contributed by atoms with Crippen LogP contribution in [0.2, 0.25) is 0 Å². The van der Waals surface area contributed by atoms with Crippen molar-refractivity contribution in [2.24, 2.45) is 0 Å². The normalized spacial score (nSPS) is 16.2. The number of hydrogen-bond donors (Lipinski definition) is 2. The molecule has 0 unspecified atom stereocenters. The van der Waals surface area contributed by atoms with Crippen molar-refractivity contribution in [2.75, 3.05) is 18.5 Å². The lowest BCUT2D eigenvalue weighted by atomic mass is 9.94. The molecule has 31 heavy (non-hydrogen) atoms. The van der Waals surface area contributed by atoms with Crippen LogP contribution in [0.5, 0.6) is 0 Å². The van der Waals surface area contributed by atoms with Gasteiger partial charge in [0.1, 0.15) is 0 Å². The summed E-state index contributed by atoms with van der Waals surface area (Å²) in [7, 11) is 0. The van der Waals surface area contributed by atoms with Gasteiger partial charge in [0.05, 0.1) is 18.2 Å². The van der Waals surface area contributed by atoms with Crippen LogP contribution >= 0.6 is 0 Å². The molecular weight excluding hydrogens is 394 g/mol. The van der Waals surface area contributed by atoms with Crippen LogP contribution in [-0.2, 0) is 14.3 Å². The number of nitrogens with zero attached hydrogens (tertiary/aromatic N) is 1. The molecule has 1 aliphatic rings. The number of urea groups is 1. The van der Waals surface area contributed by atoms with Gasteiger partial charge in [-0.1, -0.05) is 45.2 Å². The number of rotatable bonds is 11. The van der Waals surface area contributed by atoms with Crippen molar-refractivity contribution in [1.29, 1.82) is 0 Å². The number of carbonyl (C=O) groups excluding carboxylic acids is 3. The fourth-order valence-electron chi connectivity index (χ4n) is 3.61. The average Bonchev–Trinajstić information content (AvgIpc) is 2.74. The molecule has 1 aromatic rings. The van der Waals surface area contributed by atoms with E-state index in [4.69, 9.17) is 4.74 Å². The van der Waals surface area contributed by atoms with E-state index in [2.05, 4.69) is 24.5 Å². The van der Waals surface area contributed by atoms with E-state index < -0.39 is 12.0 Å². The number of hydrogen-bond acceptors (Lipinski definition) is 4. The zero-order chi connectivity index (χ0) is 22.8. The molecule has 2 rings (SSSR count). The first-order chi connectivity index (χ1) is 14.9. The van der Waals surface area contributed by atoms with E-state index in [1.165, 1.54) is 0 Å². The number of allylic oxidation sites excluding steroid dienone is 1. The second-order valence-corrected chi connectivity index (χ2v) is 7.73. The highest BCUT2D eigenvalue weighted by atomic mass is 16.5. The minimum absolute atomic E-state index is 0.0123. The molecule has 0 radical (unpaired) electrons. The highest BCUT2D eigenvalue weighted by Gasteiger charge is 2.36. The number of carbonyl (C=O) groups is 3. The topological polar surface area (TPSA) is 87.7 Å². The largest absolute Gasteiger partial charge is 0.463 e. The fraction of sp³-hybridized carbons (Fsp3) is 0.542. The van der Waals surface area contributed by atoms with Gasteiger partial charge in [-0.2, -0.15) is 0 Å². The third-order valence-electron chi connectivity index (χ3n) is 5.36. The summed E-state index contributed by atoms with van der Waals surface area (Å²) >= 11 is 0. The maximum Gasteiger partial charge on any atom is 0.338 e. The van der Waals surface area contributed by atoms with Crippen molar-refractivity contribution in [3.05, 3.63) is 41.1 Å². The van der Waals surface area contributed by atoms with Crippen molar-refractivity contribution in [1.82, 2.24) is 10.2 Å². The van der Waals surface area contributed by atoms with Gasteiger partial charge in [-0.05, 0) is 44.4 Å². The maximum absolute atomic E-state index is 12.7. The van der Waals surface area contributed by atoms with Gasteiger partial charge in [-0.3, -0.25) is 9.69 Å². The smallest absolute Gasteiger partial charge is 0.338 e. The molecule has 0 saturated heterocycles. The Morgan fingerprint density at radius 2 is 1.74 bits per heavy atom. The summed E-state index contributed by atoms with van der Waals surface area (Å²) < 4.78 is 5.28. The van der Waals surface area contributed by atoms with E-state index in [0.717, 1.165) is 37.7 Å². The summed E-state index contributed by atoms with van der Waals surface area (Å²) in [4.78, 5) is 39.1. The Hall–Kier alpha value is -2.83. The number of ether oxygens (including phenoxy) is 1. The molecule has 0 bridgehead atoms. The molecule has 2 N–H and O–H groups in total.